The van der Waals surface area contributed by atoms with Gasteiger partial charge in [0.1, 0.15) is 5.56 Å². The molecule has 2 aromatic rings. The third-order valence-corrected chi connectivity index (χ3v) is 4.59. The van der Waals surface area contributed by atoms with E-state index in [9.17, 15) is 22.8 Å². The Balaban J connectivity index is 2.07. The van der Waals surface area contributed by atoms with E-state index < -0.39 is 29.6 Å². The Morgan fingerprint density at radius 2 is 2.00 bits per heavy atom. The fraction of sp³-hybridized carbons (Fsp3) is 0.353. The molecule has 1 aliphatic rings. The normalized spacial score (nSPS) is 14.1. The van der Waals surface area contributed by atoms with Gasteiger partial charge in [-0.1, -0.05) is 15.9 Å². The lowest BCUT2D eigenvalue weighted by atomic mass is 9.98. The second kappa shape index (κ2) is 7.34. The Bertz CT molecular complexity index is 889. The summed E-state index contributed by atoms with van der Waals surface area (Å²) in [4.78, 5) is 24.4. The number of ketones is 1. The first-order valence-corrected chi connectivity index (χ1v) is 8.94. The number of methoxy groups -OCH3 is 1. The van der Waals surface area contributed by atoms with Gasteiger partial charge in [-0.15, -0.1) is 0 Å². The zero-order valence-corrected chi connectivity index (χ0v) is 15.5. The maximum Gasteiger partial charge on any atom is 0.515 e. The predicted molar refractivity (Wildman–Crippen MR) is 89.0 cm³/mol. The van der Waals surface area contributed by atoms with Gasteiger partial charge < -0.3 is 14.0 Å². The zero-order chi connectivity index (χ0) is 19.8. The van der Waals surface area contributed by atoms with Crippen molar-refractivity contribution < 1.29 is 36.8 Å². The van der Waals surface area contributed by atoms with Crippen LogP contribution in [-0.2, 0) is 16.2 Å². The van der Waals surface area contributed by atoms with E-state index in [4.69, 9.17) is 9.26 Å². The van der Waals surface area contributed by atoms with Gasteiger partial charge in [0.05, 0.1) is 12.7 Å². The van der Waals surface area contributed by atoms with Gasteiger partial charge in [0.25, 0.3) is 5.88 Å². The summed E-state index contributed by atoms with van der Waals surface area (Å²) in [6.07, 6.45) is -4.26. The van der Waals surface area contributed by atoms with Crippen LogP contribution >= 0.6 is 15.9 Å². The lowest BCUT2D eigenvalue weighted by molar-refractivity contribution is -0.137. The summed E-state index contributed by atoms with van der Waals surface area (Å²) in [5.41, 5.74) is -1.06. The van der Waals surface area contributed by atoms with E-state index in [1.54, 1.807) is 0 Å². The molecular weight excluding hydrogens is 435 g/mol. The van der Waals surface area contributed by atoms with E-state index in [1.807, 2.05) is 0 Å². The maximum atomic E-state index is 13.2. The molecule has 0 spiro atoms. The van der Waals surface area contributed by atoms with Gasteiger partial charge in [0.2, 0.25) is 5.78 Å². The molecule has 3 rings (SSSR count). The second-order valence-electron chi connectivity index (χ2n) is 5.94. The topological polar surface area (TPSA) is 78.6 Å². The molecule has 0 bridgehead atoms. The highest BCUT2D eigenvalue weighted by Gasteiger charge is 2.38. The highest BCUT2D eigenvalue weighted by Crippen LogP contribution is 2.44. The molecule has 10 heteroatoms. The molecule has 27 heavy (non-hydrogen) atoms. The minimum Gasteiger partial charge on any atom is -0.437 e. The molecular formula is C17H13BrF3NO5. The van der Waals surface area contributed by atoms with Crippen LogP contribution in [0.25, 0.3) is 0 Å². The highest BCUT2D eigenvalue weighted by atomic mass is 79.9. The van der Waals surface area contributed by atoms with Crippen molar-refractivity contribution in [3.63, 3.8) is 0 Å². The van der Waals surface area contributed by atoms with Crippen molar-refractivity contribution in [3.05, 3.63) is 46.2 Å². The minimum absolute atomic E-state index is 0.0899. The van der Waals surface area contributed by atoms with Gasteiger partial charge >= 0.3 is 12.3 Å². The first-order valence-electron chi connectivity index (χ1n) is 7.81. The van der Waals surface area contributed by atoms with Crippen molar-refractivity contribution >= 4 is 27.9 Å². The number of aromatic nitrogens is 1. The van der Waals surface area contributed by atoms with Crippen LogP contribution in [0.3, 0.4) is 0 Å². The quantitative estimate of drug-likeness (QED) is 0.370. The van der Waals surface area contributed by atoms with Gasteiger partial charge in [0.15, 0.2) is 5.76 Å². The summed E-state index contributed by atoms with van der Waals surface area (Å²) < 4.78 is 53.8. The number of carbonyl (C=O) groups is 2. The summed E-state index contributed by atoms with van der Waals surface area (Å²) in [6.45, 7) is 0. The maximum absolute atomic E-state index is 13.2. The number of hydrogen-bond acceptors (Lipinski definition) is 6. The first kappa shape index (κ1) is 19.4. The van der Waals surface area contributed by atoms with Gasteiger partial charge in [-0.05, 0) is 41.8 Å². The summed E-state index contributed by atoms with van der Waals surface area (Å²) >= 11 is 3.10. The lowest BCUT2D eigenvalue weighted by Crippen LogP contribution is -2.13. The number of nitrogens with zero attached hydrogens (tertiary/aromatic N) is 1. The van der Waals surface area contributed by atoms with Crippen LogP contribution < -0.4 is 4.74 Å². The van der Waals surface area contributed by atoms with E-state index >= 15 is 0 Å². The third kappa shape index (κ3) is 4.15. The molecule has 0 N–H and O–H groups in total. The smallest absolute Gasteiger partial charge is 0.437 e. The van der Waals surface area contributed by atoms with E-state index in [1.165, 1.54) is 6.07 Å². The van der Waals surface area contributed by atoms with Crippen LogP contribution in [0.5, 0.6) is 5.88 Å². The van der Waals surface area contributed by atoms with Crippen LogP contribution in [0.4, 0.5) is 18.0 Å². The summed E-state index contributed by atoms with van der Waals surface area (Å²) in [5.74, 6) is -1.10. The number of hydrogen-bond donors (Lipinski definition) is 0. The molecule has 0 unspecified atom stereocenters. The molecule has 6 nitrogen and oxygen atoms in total. The van der Waals surface area contributed by atoms with Gasteiger partial charge in [-0.2, -0.15) is 13.2 Å². The van der Waals surface area contributed by atoms with Crippen LogP contribution in [0.15, 0.2) is 22.7 Å². The molecule has 1 aromatic heterocycles. The van der Waals surface area contributed by atoms with Crippen LogP contribution in [0.2, 0.25) is 0 Å². The van der Waals surface area contributed by atoms with Crippen LogP contribution in [0.1, 0.15) is 51.6 Å². The molecule has 1 aromatic carbocycles. The monoisotopic (exact) mass is 447 g/mol. The van der Waals surface area contributed by atoms with E-state index in [0.717, 1.165) is 32.1 Å². The lowest BCUT2D eigenvalue weighted by Gasteiger charge is -2.11. The molecule has 0 saturated heterocycles. The Kier molecular flexibility index (Phi) is 5.27. The van der Waals surface area contributed by atoms with Crippen LogP contribution in [0, 0.1) is 0 Å². The Labute approximate surface area is 159 Å². The van der Waals surface area contributed by atoms with Gasteiger partial charge in [-0.25, -0.2) is 4.79 Å². The molecule has 0 aliphatic heterocycles. The second-order valence-corrected chi connectivity index (χ2v) is 6.50. The summed E-state index contributed by atoms with van der Waals surface area (Å²) in [6, 6.07) is 3.03. The Morgan fingerprint density at radius 3 is 2.56 bits per heavy atom. The molecule has 1 aliphatic carbocycles. The minimum atomic E-state index is -4.62. The first-order chi connectivity index (χ1) is 12.7. The van der Waals surface area contributed by atoms with Gasteiger partial charge in [0, 0.05) is 16.8 Å². The fourth-order valence-electron chi connectivity index (χ4n) is 2.52. The molecule has 0 atom stereocenters. The molecule has 1 saturated carbocycles. The van der Waals surface area contributed by atoms with Crippen molar-refractivity contribution in [1.29, 1.82) is 0 Å². The van der Waals surface area contributed by atoms with E-state index in [-0.39, 0.29) is 33.7 Å². The van der Waals surface area contributed by atoms with Crippen molar-refractivity contribution in [1.82, 2.24) is 5.16 Å². The summed E-state index contributed by atoms with van der Waals surface area (Å²) in [5, 5.41) is 3.70. The molecule has 1 heterocycles. The summed E-state index contributed by atoms with van der Waals surface area (Å²) in [7, 11) is 1.07. The number of benzene rings is 1. The average Bonchev–Trinajstić information content (AvgIpc) is 3.40. The van der Waals surface area contributed by atoms with Crippen molar-refractivity contribution in [2.24, 2.45) is 0 Å². The zero-order valence-electron chi connectivity index (χ0n) is 13.9. The van der Waals surface area contributed by atoms with Gasteiger partial charge in [-0.3, -0.25) is 4.79 Å². The van der Waals surface area contributed by atoms with E-state index in [0.29, 0.717) is 0 Å². The number of alkyl halides is 4. The Morgan fingerprint density at radius 1 is 1.30 bits per heavy atom. The third-order valence-electron chi connectivity index (χ3n) is 3.95. The van der Waals surface area contributed by atoms with Crippen LogP contribution in [-0.4, -0.2) is 24.2 Å². The average molecular weight is 448 g/mol. The molecule has 0 amide bonds. The van der Waals surface area contributed by atoms with Crippen molar-refractivity contribution in [3.8, 4) is 5.88 Å². The largest absolute Gasteiger partial charge is 0.515 e. The number of rotatable bonds is 5. The fourth-order valence-corrected chi connectivity index (χ4v) is 2.84. The van der Waals surface area contributed by atoms with E-state index in [2.05, 4.69) is 25.8 Å². The predicted octanol–water partition coefficient (Wildman–Crippen LogP) is 4.84. The number of carbonyl (C=O) groups excluding carboxylic acids is 2. The SMILES string of the molecule is COC(=O)Oc1noc(C2CC2)c1C(=O)c1cc(CBr)cc(C(F)(F)F)c1. The van der Waals surface area contributed by atoms with Crippen molar-refractivity contribution in [2.75, 3.05) is 7.11 Å². The molecule has 0 radical (unpaired) electrons. The highest BCUT2D eigenvalue weighted by molar-refractivity contribution is 9.08. The molecule has 1 fully saturated rings. The molecule has 144 valence electrons. The standard InChI is InChI=1S/C17H13BrF3NO5/c1-25-16(24)26-15-12(14(27-22-15)9-2-3-9)13(23)10-4-8(7-18)5-11(6-10)17(19,20)21/h4-6,9H,2-3,7H2,1H3. The van der Waals surface area contributed by atoms with Crippen molar-refractivity contribution in [2.45, 2.75) is 30.3 Å². The Hall–Kier alpha value is -2.36. The number of halogens is 4. The number of ether oxygens (including phenoxy) is 2.